The van der Waals surface area contributed by atoms with Crippen LogP contribution in [-0.2, 0) is 11.8 Å². The number of H-pyrrole nitrogens is 1. The molecule has 0 unspecified atom stereocenters. The van der Waals surface area contributed by atoms with Gasteiger partial charge in [0.25, 0.3) is 0 Å². The number of aromatic amines is 1. The molecule has 2 aromatic carbocycles. The normalized spacial score (nSPS) is 13.9. The minimum atomic E-state index is 0.181. The highest BCUT2D eigenvalue weighted by atomic mass is 14.9. The molecule has 3 aromatic rings. The van der Waals surface area contributed by atoms with Gasteiger partial charge in [0.1, 0.15) is 5.82 Å². The Morgan fingerprint density at radius 1 is 0.812 bits per heavy atom. The highest BCUT2D eigenvalue weighted by Gasteiger charge is 2.26. The fourth-order valence-electron chi connectivity index (χ4n) is 3.76. The van der Waals surface area contributed by atoms with Crippen LogP contribution in [-0.4, -0.2) is 15.7 Å². The summed E-state index contributed by atoms with van der Waals surface area (Å²) in [6, 6.07) is 13.2. The van der Waals surface area contributed by atoms with Crippen LogP contribution in [0.2, 0.25) is 0 Å². The van der Waals surface area contributed by atoms with Crippen LogP contribution in [0.3, 0.4) is 0 Å². The minimum absolute atomic E-state index is 0.181. The van der Waals surface area contributed by atoms with Crippen LogP contribution in [0, 0.1) is 5.41 Å². The number of imidazole rings is 1. The number of aliphatic imine (C=N–C) groups is 1. The predicted molar refractivity (Wildman–Crippen MR) is 140 cm³/mol. The quantitative estimate of drug-likeness (QED) is 0.434. The molecule has 1 aliphatic heterocycles. The maximum atomic E-state index is 4.81. The van der Waals surface area contributed by atoms with Gasteiger partial charge < -0.3 is 4.98 Å². The van der Waals surface area contributed by atoms with E-state index < -0.39 is 0 Å². The van der Waals surface area contributed by atoms with Gasteiger partial charge in [0, 0.05) is 23.5 Å². The number of nitrogens with one attached hydrogen (secondary N) is 1. The van der Waals surface area contributed by atoms with Gasteiger partial charge in [-0.3, -0.25) is 4.99 Å². The van der Waals surface area contributed by atoms with Crippen LogP contribution in [0.25, 0.3) is 11.0 Å². The first-order valence-electron chi connectivity index (χ1n) is 12.0. The van der Waals surface area contributed by atoms with Gasteiger partial charge in [-0.25, -0.2) is 4.98 Å². The summed E-state index contributed by atoms with van der Waals surface area (Å²) in [7, 11) is 0. The number of hydrogen-bond acceptors (Lipinski definition) is 2. The Kier molecular flexibility index (Phi) is 6.70. The lowest BCUT2D eigenvalue weighted by Crippen LogP contribution is -2.19. The fourth-order valence-corrected chi connectivity index (χ4v) is 3.76. The average molecular weight is 432 g/mol. The molecule has 172 valence electrons. The Labute approximate surface area is 194 Å². The molecule has 0 aliphatic carbocycles. The van der Waals surface area contributed by atoms with Crippen molar-refractivity contribution >= 4 is 22.4 Å². The monoisotopic (exact) mass is 431 g/mol. The highest BCUT2D eigenvalue weighted by molar-refractivity contribution is 5.97. The standard InChI is InChI=1S/C16H23N.C13H18N2/c1-15(2,3)12-8-7-11-9-14(16(4,5)6)17-13(11)10-12;1-8(2)10-5-6-11-12(7-10)15-13(14-11)9(3)4/h7-8,10H,9H2,1-6H3;5-9H,1-4H3,(H,14,15). The molecular weight excluding hydrogens is 390 g/mol. The van der Waals surface area contributed by atoms with Crippen molar-refractivity contribution in [3.8, 4) is 0 Å². The van der Waals surface area contributed by atoms with Crippen LogP contribution >= 0.6 is 0 Å². The van der Waals surface area contributed by atoms with Crippen LogP contribution in [0.5, 0.6) is 0 Å². The maximum Gasteiger partial charge on any atom is 0.109 e. The van der Waals surface area contributed by atoms with Crippen molar-refractivity contribution < 1.29 is 0 Å². The van der Waals surface area contributed by atoms with Gasteiger partial charge in [0.15, 0.2) is 0 Å². The average Bonchev–Trinajstić information content (AvgIpc) is 3.30. The molecule has 0 fully saturated rings. The first kappa shape index (κ1) is 24.2. The van der Waals surface area contributed by atoms with Crippen LogP contribution in [0.15, 0.2) is 41.4 Å². The lowest BCUT2D eigenvalue weighted by molar-refractivity contribution is 0.584. The zero-order valence-electron chi connectivity index (χ0n) is 21.7. The molecule has 32 heavy (non-hydrogen) atoms. The number of hydrogen-bond donors (Lipinski definition) is 1. The summed E-state index contributed by atoms with van der Waals surface area (Å²) in [6.07, 6.45) is 1.02. The first-order chi connectivity index (χ1) is 14.8. The van der Waals surface area contributed by atoms with Gasteiger partial charge >= 0.3 is 0 Å². The lowest BCUT2D eigenvalue weighted by atomic mass is 9.85. The van der Waals surface area contributed by atoms with Gasteiger partial charge in [-0.15, -0.1) is 0 Å². The molecule has 3 heteroatoms. The van der Waals surface area contributed by atoms with E-state index in [2.05, 4.69) is 116 Å². The summed E-state index contributed by atoms with van der Waals surface area (Å²) in [5, 5.41) is 0. The van der Waals surface area contributed by atoms with Crippen molar-refractivity contribution in [1.29, 1.82) is 0 Å². The molecule has 0 amide bonds. The largest absolute Gasteiger partial charge is 0.342 e. The SMILES string of the molecule is CC(C)(C)C1=Nc2cc(C(C)(C)C)ccc2C1.CC(C)c1ccc2nc(C(C)C)[nH]c2c1. The van der Waals surface area contributed by atoms with Crippen molar-refractivity contribution in [1.82, 2.24) is 9.97 Å². The molecule has 1 aliphatic rings. The summed E-state index contributed by atoms with van der Waals surface area (Å²) < 4.78 is 0. The van der Waals surface area contributed by atoms with E-state index in [0.29, 0.717) is 11.8 Å². The summed E-state index contributed by atoms with van der Waals surface area (Å²) in [4.78, 5) is 12.7. The lowest BCUT2D eigenvalue weighted by Gasteiger charge is -2.19. The third kappa shape index (κ3) is 5.49. The van der Waals surface area contributed by atoms with E-state index in [1.165, 1.54) is 28.1 Å². The molecule has 2 heterocycles. The maximum absolute atomic E-state index is 4.81. The van der Waals surface area contributed by atoms with E-state index in [4.69, 9.17) is 4.99 Å². The molecule has 0 saturated carbocycles. The third-order valence-corrected chi connectivity index (χ3v) is 6.17. The van der Waals surface area contributed by atoms with Crippen LogP contribution in [0.4, 0.5) is 5.69 Å². The molecule has 1 N–H and O–H groups in total. The van der Waals surface area contributed by atoms with Crippen molar-refractivity contribution in [2.75, 3.05) is 0 Å². The molecule has 0 bridgehead atoms. The predicted octanol–water partition coefficient (Wildman–Crippen LogP) is 8.47. The number of nitrogens with zero attached hydrogens (tertiary/aromatic N) is 2. The fraction of sp³-hybridized carbons (Fsp3) is 0.517. The molecule has 4 rings (SSSR count). The van der Waals surface area contributed by atoms with Gasteiger partial charge in [0.05, 0.1) is 16.7 Å². The molecule has 0 radical (unpaired) electrons. The van der Waals surface area contributed by atoms with Crippen molar-refractivity contribution in [2.24, 2.45) is 10.4 Å². The first-order valence-corrected chi connectivity index (χ1v) is 12.0. The second-order valence-corrected chi connectivity index (χ2v) is 11.8. The summed E-state index contributed by atoms with van der Waals surface area (Å²) in [5.74, 6) is 2.10. The third-order valence-electron chi connectivity index (χ3n) is 6.17. The molecule has 0 saturated heterocycles. The molecular formula is C29H41N3. The smallest absolute Gasteiger partial charge is 0.109 e. The summed E-state index contributed by atoms with van der Waals surface area (Å²) in [6.45, 7) is 22.2. The number of benzene rings is 2. The second kappa shape index (κ2) is 8.84. The molecule has 3 nitrogen and oxygen atoms in total. The second-order valence-electron chi connectivity index (χ2n) is 11.8. The Balaban J connectivity index is 0.000000182. The van der Waals surface area contributed by atoms with Crippen LogP contribution in [0.1, 0.15) is 104 Å². The van der Waals surface area contributed by atoms with E-state index in [1.807, 2.05) is 0 Å². The molecule has 1 aromatic heterocycles. The summed E-state index contributed by atoms with van der Waals surface area (Å²) >= 11 is 0. The van der Waals surface area contributed by atoms with E-state index in [9.17, 15) is 0 Å². The van der Waals surface area contributed by atoms with Crippen molar-refractivity contribution in [3.05, 3.63) is 58.9 Å². The van der Waals surface area contributed by atoms with E-state index in [0.717, 1.165) is 23.3 Å². The van der Waals surface area contributed by atoms with Gasteiger partial charge in [-0.05, 0) is 46.2 Å². The van der Waals surface area contributed by atoms with Gasteiger partial charge in [-0.1, -0.05) is 87.4 Å². The molecule has 0 spiro atoms. The van der Waals surface area contributed by atoms with Crippen molar-refractivity contribution in [3.63, 3.8) is 0 Å². The number of aromatic nitrogens is 2. The Hall–Kier alpha value is -2.42. The topological polar surface area (TPSA) is 41.0 Å². The Morgan fingerprint density at radius 2 is 1.50 bits per heavy atom. The highest BCUT2D eigenvalue weighted by Crippen LogP contribution is 2.36. The Bertz CT molecular complexity index is 1110. The van der Waals surface area contributed by atoms with Crippen LogP contribution < -0.4 is 0 Å². The van der Waals surface area contributed by atoms with E-state index in [-0.39, 0.29) is 10.8 Å². The zero-order chi connectivity index (χ0) is 23.8. The Morgan fingerprint density at radius 3 is 2.06 bits per heavy atom. The molecule has 0 atom stereocenters. The van der Waals surface area contributed by atoms with Gasteiger partial charge in [0.2, 0.25) is 0 Å². The number of rotatable bonds is 2. The van der Waals surface area contributed by atoms with Crippen molar-refractivity contribution in [2.45, 2.75) is 92.9 Å². The zero-order valence-corrected chi connectivity index (χ0v) is 21.7. The number of fused-ring (bicyclic) bond motifs is 2. The minimum Gasteiger partial charge on any atom is -0.342 e. The van der Waals surface area contributed by atoms with Gasteiger partial charge in [-0.2, -0.15) is 0 Å². The van der Waals surface area contributed by atoms with E-state index >= 15 is 0 Å². The van der Waals surface area contributed by atoms with E-state index in [1.54, 1.807) is 0 Å². The summed E-state index contributed by atoms with van der Waals surface area (Å²) in [5.41, 5.74) is 9.21.